The third kappa shape index (κ3) is 1.97. The van der Waals surface area contributed by atoms with Gasteiger partial charge in [0.1, 0.15) is 12.1 Å². The van der Waals surface area contributed by atoms with Crippen molar-refractivity contribution >= 4 is 11.8 Å². The van der Waals surface area contributed by atoms with Gasteiger partial charge in [-0.15, -0.1) is 0 Å². The summed E-state index contributed by atoms with van der Waals surface area (Å²) in [5.74, 6) is -0.109. The van der Waals surface area contributed by atoms with Crippen molar-refractivity contribution in [2.24, 2.45) is 0 Å². The van der Waals surface area contributed by atoms with E-state index in [1.165, 1.54) is 0 Å². The number of piperazine rings is 1. The van der Waals surface area contributed by atoms with Gasteiger partial charge in [-0.25, -0.2) is 0 Å². The number of ether oxygens (including phenoxy) is 1. The molecule has 2 rings (SSSR count). The van der Waals surface area contributed by atoms with Crippen LogP contribution in [0, 0.1) is 0 Å². The molecule has 0 spiro atoms. The van der Waals surface area contributed by atoms with Crippen LogP contribution in [0.25, 0.3) is 0 Å². The predicted molar refractivity (Wildman–Crippen MR) is 53.2 cm³/mol. The van der Waals surface area contributed by atoms with E-state index in [1.807, 2.05) is 0 Å². The molecule has 2 fully saturated rings. The van der Waals surface area contributed by atoms with Gasteiger partial charge in [-0.3, -0.25) is 9.59 Å². The average molecular weight is 212 g/mol. The van der Waals surface area contributed by atoms with E-state index >= 15 is 0 Å². The van der Waals surface area contributed by atoms with E-state index < -0.39 is 0 Å². The fourth-order valence-electron chi connectivity index (χ4n) is 2.04. The number of nitrogens with one attached hydrogen (secondary N) is 1. The van der Waals surface area contributed by atoms with Crippen molar-refractivity contribution in [3.8, 4) is 0 Å². The maximum absolute atomic E-state index is 12.0. The van der Waals surface area contributed by atoms with Gasteiger partial charge in [-0.1, -0.05) is 0 Å². The van der Waals surface area contributed by atoms with Gasteiger partial charge in [0.15, 0.2) is 0 Å². The molecule has 2 heterocycles. The summed E-state index contributed by atoms with van der Waals surface area (Å²) >= 11 is 0. The molecule has 2 saturated heterocycles. The predicted octanol–water partition coefficient (Wildman–Crippen LogP) is -0.488. The van der Waals surface area contributed by atoms with Crippen molar-refractivity contribution in [3.63, 3.8) is 0 Å². The van der Waals surface area contributed by atoms with E-state index in [0.29, 0.717) is 19.7 Å². The molecule has 0 aromatic rings. The molecule has 15 heavy (non-hydrogen) atoms. The zero-order valence-corrected chi connectivity index (χ0v) is 8.86. The van der Waals surface area contributed by atoms with Crippen LogP contribution in [-0.4, -0.2) is 48.6 Å². The van der Waals surface area contributed by atoms with Crippen molar-refractivity contribution in [2.45, 2.75) is 31.9 Å². The Hall–Kier alpha value is -1.10. The van der Waals surface area contributed by atoms with Gasteiger partial charge in [0.25, 0.3) is 5.91 Å². The Balaban J connectivity index is 2.01. The Morgan fingerprint density at radius 1 is 1.60 bits per heavy atom. The third-order valence-electron chi connectivity index (χ3n) is 2.99. The smallest absolute Gasteiger partial charge is 0.252 e. The van der Waals surface area contributed by atoms with Crippen molar-refractivity contribution in [2.75, 3.05) is 19.7 Å². The lowest BCUT2D eigenvalue weighted by Gasteiger charge is -2.34. The van der Waals surface area contributed by atoms with E-state index in [4.69, 9.17) is 4.74 Å². The summed E-state index contributed by atoms with van der Waals surface area (Å²) in [5, 5.41) is 2.73. The number of hydrogen-bond donors (Lipinski definition) is 1. The molecule has 0 saturated carbocycles. The second-order valence-electron chi connectivity index (χ2n) is 4.00. The summed E-state index contributed by atoms with van der Waals surface area (Å²) in [5.41, 5.74) is 0. The molecular weight excluding hydrogens is 196 g/mol. The minimum absolute atomic E-state index is 0.0325. The molecular formula is C10H16N2O3. The van der Waals surface area contributed by atoms with E-state index in [1.54, 1.807) is 11.8 Å². The molecule has 5 heteroatoms. The number of amides is 2. The van der Waals surface area contributed by atoms with Crippen molar-refractivity contribution in [1.29, 1.82) is 0 Å². The number of hydrogen-bond acceptors (Lipinski definition) is 3. The minimum atomic E-state index is -0.365. The summed E-state index contributed by atoms with van der Waals surface area (Å²) in [6, 6.07) is -0.365. The topological polar surface area (TPSA) is 58.6 Å². The molecule has 2 amide bonds. The molecule has 2 aliphatic heterocycles. The first-order valence-electron chi connectivity index (χ1n) is 5.40. The molecule has 2 unspecified atom stereocenters. The standard InChI is InChI=1S/C10H16N2O3/c1-7-9(13)11-4-5-12(7)10(14)8-3-2-6-15-8/h7-8H,2-6H2,1H3,(H,11,13). The van der Waals surface area contributed by atoms with E-state index in [-0.39, 0.29) is 24.0 Å². The lowest BCUT2D eigenvalue weighted by Crippen LogP contribution is -2.57. The summed E-state index contributed by atoms with van der Waals surface area (Å²) in [6.45, 7) is 3.54. The number of nitrogens with zero attached hydrogens (tertiary/aromatic N) is 1. The monoisotopic (exact) mass is 212 g/mol. The van der Waals surface area contributed by atoms with Gasteiger partial charge in [-0.2, -0.15) is 0 Å². The summed E-state index contributed by atoms with van der Waals surface area (Å²) in [7, 11) is 0. The normalized spacial score (nSPS) is 31.5. The Morgan fingerprint density at radius 2 is 2.40 bits per heavy atom. The molecule has 1 N–H and O–H groups in total. The van der Waals surface area contributed by atoms with Gasteiger partial charge in [0.2, 0.25) is 5.91 Å². The molecule has 2 atom stereocenters. The highest BCUT2D eigenvalue weighted by atomic mass is 16.5. The number of rotatable bonds is 1. The van der Waals surface area contributed by atoms with Crippen LogP contribution in [-0.2, 0) is 14.3 Å². The Morgan fingerprint density at radius 3 is 3.07 bits per heavy atom. The highest BCUT2D eigenvalue weighted by molar-refractivity contribution is 5.90. The number of carbonyl (C=O) groups is 2. The second-order valence-corrected chi connectivity index (χ2v) is 4.00. The van der Waals surface area contributed by atoms with Crippen LogP contribution in [0.15, 0.2) is 0 Å². The molecule has 0 aromatic carbocycles. The Kier molecular flexibility index (Phi) is 2.90. The molecule has 0 aromatic heterocycles. The van der Waals surface area contributed by atoms with E-state index in [0.717, 1.165) is 12.8 Å². The molecule has 0 aliphatic carbocycles. The lowest BCUT2D eigenvalue weighted by molar-refractivity contribution is -0.149. The van der Waals surface area contributed by atoms with Crippen molar-refractivity contribution in [3.05, 3.63) is 0 Å². The van der Waals surface area contributed by atoms with Crippen LogP contribution in [0.1, 0.15) is 19.8 Å². The quantitative estimate of drug-likeness (QED) is 0.638. The van der Waals surface area contributed by atoms with Crippen LogP contribution >= 0.6 is 0 Å². The first-order chi connectivity index (χ1) is 7.20. The van der Waals surface area contributed by atoms with Gasteiger partial charge in [-0.05, 0) is 19.8 Å². The zero-order chi connectivity index (χ0) is 10.8. The molecule has 0 radical (unpaired) electrons. The Labute approximate surface area is 88.8 Å². The first-order valence-corrected chi connectivity index (χ1v) is 5.40. The first kappa shape index (κ1) is 10.4. The van der Waals surface area contributed by atoms with Crippen LogP contribution in [0.4, 0.5) is 0 Å². The second kappa shape index (κ2) is 4.18. The maximum atomic E-state index is 12.0. The third-order valence-corrected chi connectivity index (χ3v) is 2.99. The largest absolute Gasteiger partial charge is 0.368 e. The number of carbonyl (C=O) groups excluding carboxylic acids is 2. The minimum Gasteiger partial charge on any atom is -0.368 e. The average Bonchev–Trinajstić information content (AvgIpc) is 2.74. The van der Waals surface area contributed by atoms with Crippen LogP contribution in [0.2, 0.25) is 0 Å². The van der Waals surface area contributed by atoms with E-state index in [2.05, 4.69) is 5.32 Å². The van der Waals surface area contributed by atoms with Crippen molar-refractivity contribution in [1.82, 2.24) is 10.2 Å². The van der Waals surface area contributed by atoms with E-state index in [9.17, 15) is 9.59 Å². The van der Waals surface area contributed by atoms with Gasteiger partial charge in [0, 0.05) is 19.7 Å². The van der Waals surface area contributed by atoms with Crippen LogP contribution < -0.4 is 5.32 Å². The Bertz CT molecular complexity index is 274. The SMILES string of the molecule is CC1C(=O)NCCN1C(=O)C1CCCO1. The fraction of sp³-hybridized carbons (Fsp3) is 0.800. The molecule has 5 nitrogen and oxygen atoms in total. The zero-order valence-electron chi connectivity index (χ0n) is 8.86. The molecule has 2 aliphatic rings. The highest BCUT2D eigenvalue weighted by Gasteiger charge is 2.35. The highest BCUT2D eigenvalue weighted by Crippen LogP contribution is 2.17. The lowest BCUT2D eigenvalue weighted by atomic mass is 10.1. The maximum Gasteiger partial charge on any atom is 0.252 e. The fourth-order valence-corrected chi connectivity index (χ4v) is 2.04. The van der Waals surface area contributed by atoms with Crippen LogP contribution in [0.3, 0.4) is 0 Å². The summed E-state index contributed by atoms with van der Waals surface area (Å²) in [4.78, 5) is 25.0. The summed E-state index contributed by atoms with van der Waals surface area (Å²) < 4.78 is 5.33. The van der Waals surface area contributed by atoms with Crippen LogP contribution in [0.5, 0.6) is 0 Å². The summed E-state index contributed by atoms with van der Waals surface area (Å²) in [6.07, 6.45) is 1.40. The van der Waals surface area contributed by atoms with Gasteiger partial charge < -0.3 is 15.0 Å². The van der Waals surface area contributed by atoms with Crippen molar-refractivity contribution < 1.29 is 14.3 Å². The molecule has 0 bridgehead atoms. The van der Waals surface area contributed by atoms with Gasteiger partial charge in [0.05, 0.1) is 0 Å². The van der Waals surface area contributed by atoms with Gasteiger partial charge >= 0.3 is 0 Å². The molecule has 84 valence electrons.